The first-order valence-electron chi connectivity index (χ1n) is 10.1. The van der Waals surface area contributed by atoms with E-state index in [1.807, 2.05) is 38.4 Å². The van der Waals surface area contributed by atoms with E-state index >= 15 is 0 Å². The Morgan fingerprint density at radius 2 is 1.94 bits per heavy atom. The summed E-state index contributed by atoms with van der Waals surface area (Å²) in [5, 5.41) is 6.69. The maximum absolute atomic E-state index is 13.1. The normalized spacial score (nSPS) is 13.5. The fourth-order valence-corrected chi connectivity index (χ4v) is 3.68. The molecule has 0 atom stereocenters. The molecule has 2 aromatic carbocycles. The SMILES string of the molecule is CN(C)CCCN(Cc1ccc(Cl)c(Cl)c1)C(=O)Nc1cccc(N2CCNC2=O)c1. The van der Waals surface area contributed by atoms with Gasteiger partial charge in [-0.15, -0.1) is 0 Å². The minimum atomic E-state index is -0.215. The van der Waals surface area contributed by atoms with E-state index in [4.69, 9.17) is 23.2 Å². The molecule has 0 bridgehead atoms. The number of nitrogens with one attached hydrogen (secondary N) is 2. The van der Waals surface area contributed by atoms with Crippen LogP contribution in [0.2, 0.25) is 10.0 Å². The van der Waals surface area contributed by atoms with Gasteiger partial charge in [0.05, 0.1) is 10.0 Å². The quantitative estimate of drug-likeness (QED) is 0.604. The number of hydrogen-bond donors (Lipinski definition) is 2. The molecule has 1 aliphatic heterocycles. The summed E-state index contributed by atoms with van der Waals surface area (Å²) in [4.78, 5) is 30.5. The second kappa shape index (κ2) is 10.7. The van der Waals surface area contributed by atoms with Gasteiger partial charge >= 0.3 is 12.1 Å². The van der Waals surface area contributed by atoms with E-state index in [0.717, 1.165) is 24.2 Å². The zero-order valence-corrected chi connectivity index (χ0v) is 19.2. The molecule has 0 aromatic heterocycles. The number of rotatable bonds is 8. The standard InChI is InChI=1S/C22H27Cl2N5O2/c1-27(2)10-4-11-28(15-16-7-8-19(23)20(24)13-16)22(31)26-17-5-3-6-18(14-17)29-12-9-25-21(29)30/h3,5-8,13-14H,4,9-12,15H2,1-2H3,(H,25,30)(H,26,31). The van der Waals surface area contributed by atoms with Gasteiger partial charge in [-0.25, -0.2) is 9.59 Å². The van der Waals surface area contributed by atoms with Gasteiger partial charge in [-0.3, -0.25) is 4.90 Å². The number of halogens is 2. The fourth-order valence-electron chi connectivity index (χ4n) is 3.36. The minimum absolute atomic E-state index is 0.131. The van der Waals surface area contributed by atoms with E-state index in [1.165, 1.54) is 0 Å². The van der Waals surface area contributed by atoms with Gasteiger partial charge in [-0.05, 0) is 63.0 Å². The molecule has 166 valence electrons. The number of hydrogen-bond acceptors (Lipinski definition) is 3. The van der Waals surface area contributed by atoms with Crippen LogP contribution in [0.25, 0.3) is 0 Å². The van der Waals surface area contributed by atoms with Gasteiger partial charge < -0.3 is 20.4 Å². The Labute approximate surface area is 192 Å². The fraction of sp³-hybridized carbons (Fsp3) is 0.364. The summed E-state index contributed by atoms with van der Waals surface area (Å²) in [7, 11) is 4.01. The highest BCUT2D eigenvalue weighted by molar-refractivity contribution is 6.42. The average molecular weight is 464 g/mol. The molecule has 0 unspecified atom stereocenters. The third-order valence-corrected chi connectivity index (χ3v) is 5.68. The smallest absolute Gasteiger partial charge is 0.322 e. The summed E-state index contributed by atoms with van der Waals surface area (Å²) in [6.07, 6.45) is 0.829. The lowest BCUT2D eigenvalue weighted by molar-refractivity contribution is 0.205. The molecule has 1 heterocycles. The van der Waals surface area contributed by atoms with E-state index < -0.39 is 0 Å². The summed E-state index contributed by atoms with van der Waals surface area (Å²) in [6.45, 7) is 3.07. The monoisotopic (exact) mass is 463 g/mol. The summed E-state index contributed by atoms with van der Waals surface area (Å²) >= 11 is 12.2. The van der Waals surface area contributed by atoms with Crippen molar-refractivity contribution in [2.45, 2.75) is 13.0 Å². The van der Waals surface area contributed by atoms with E-state index in [-0.39, 0.29) is 12.1 Å². The van der Waals surface area contributed by atoms with Crippen LogP contribution < -0.4 is 15.5 Å². The molecular weight excluding hydrogens is 437 g/mol. The predicted molar refractivity (Wildman–Crippen MR) is 126 cm³/mol. The highest BCUT2D eigenvalue weighted by Crippen LogP contribution is 2.24. The van der Waals surface area contributed by atoms with Crippen molar-refractivity contribution in [3.8, 4) is 0 Å². The molecule has 0 spiro atoms. The Hall–Kier alpha value is -2.48. The van der Waals surface area contributed by atoms with Crippen LogP contribution in [-0.4, -0.2) is 62.1 Å². The first-order valence-corrected chi connectivity index (χ1v) is 10.9. The van der Waals surface area contributed by atoms with Crippen LogP contribution in [0.3, 0.4) is 0 Å². The van der Waals surface area contributed by atoms with Crippen LogP contribution in [0.1, 0.15) is 12.0 Å². The Morgan fingerprint density at radius 3 is 2.61 bits per heavy atom. The Bertz CT molecular complexity index is 938. The molecule has 2 N–H and O–H groups in total. The lowest BCUT2D eigenvalue weighted by Gasteiger charge is -2.25. The minimum Gasteiger partial charge on any atom is -0.336 e. The van der Waals surface area contributed by atoms with Gasteiger partial charge in [0, 0.05) is 37.6 Å². The largest absolute Gasteiger partial charge is 0.336 e. The summed E-state index contributed by atoms with van der Waals surface area (Å²) in [6, 6.07) is 12.3. The molecule has 0 radical (unpaired) electrons. The van der Waals surface area contributed by atoms with Crippen molar-refractivity contribution in [3.63, 3.8) is 0 Å². The van der Waals surface area contributed by atoms with Crippen LogP contribution in [0.4, 0.5) is 21.0 Å². The lowest BCUT2D eigenvalue weighted by atomic mass is 10.2. The predicted octanol–water partition coefficient (Wildman–Crippen LogP) is 4.51. The number of urea groups is 2. The molecule has 31 heavy (non-hydrogen) atoms. The van der Waals surface area contributed by atoms with E-state index in [0.29, 0.717) is 41.9 Å². The van der Waals surface area contributed by atoms with Gasteiger partial charge in [0.1, 0.15) is 0 Å². The summed E-state index contributed by atoms with van der Waals surface area (Å²) < 4.78 is 0. The Morgan fingerprint density at radius 1 is 1.13 bits per heavy atom. The first-order chi connectivity index (χ1) is 14.8. The van der Waals surface area contributed by atoms with Gasteiger partial charge in [-0.2, -0.15) is 0 Å². The lowest BCUT2D eigenvalue weighted by Crippen LogP contribution is -2.36. The molecule has 0 saturated carbocycles. The van der Waals surface area contributed by atoms with Crippen molar-refractivity contribution in [1.82, 2.24) is 15.1 Å². The van der Waals surface area contributed by atoms with Crippen LogP contribution in [-0.2, 0) is 6.54 Å². The van der Waals surface area contributed by atoms with E-state index in [9.17, 15) is 9.59 Å². The number of nitrogens with zero attached hydrogens (tertiary/aromatic N) is 3. The molecule has 1 fully saturated rings. The molecule has 0 aliphatic carbocycles. The van der Waals surface area contributed by atoms with Crippen molar-refractivity contribution >= 4 is 46.6 Å². The molecule has 1 saturated heterocycles. The molecule has 4 amide bonds. The number of amides is 4. The summed E-state index contributed by atoms with van der Waals surface area (Å²) in [5.41, 5.74) is 2.28. The van der Waals surface area contributed by atoms with Crippen LogP contribution in [0, 0.1) is 0 Å². The van der Waals surface area contributed by atoms with Gasteiger partial charge in [0.25, 0.3) is 0 Å². The molecule has 2 aromatic rings. The average Bonchev–Trinajstić information content (AvgIpc) is 3.16. The van der Waals surface area contributed by atoms with Gasteiger partial charge in [0.2, 0.25) is 0 Å². The first kappa shape index (κ1) is 23.2. The second-order valence-corrected chi connectivity index (χ2v) is 8.51. The Balaban J connectivity index is 1.72. The third kappa shape index (κ3) is 6.50. The maximum Gasteiger partial charge on any atom is 0.322 e. The van der Waals surface area contributed by atoms with Crippen molar-refractivity contribution < 1.29 is 9.59 Å². The topological polar surface area (TPSA) is 67.9 Å². The highest BCUT2D eigenvalue weighted by atomic mass is 35.5. The number of carbonyl (C=O) groups is 2. The number of carbonyl (C=O) groups excluding carboxylic acids is 2. The van der Waals surface area contributed by atoms with E-state index in [2.05, 4.69) is 15.5 Å². The van der Waals surface area contributed by atoms with E-state index in [1.54, 1.807) is 28.0 Å². The van der Waals surface area contributed by atoms with Crippen molar-refractivity contribution in [1.29, 1.82) is 0 Å². The second-order valence-electron chi connectivity index (χ2n) is 7.69. The molecule has 3 rings (SSSR count). The Kier molecular flexibility index (Phi) is 8.01. The number of benzene rings is 2. The van der Waals surface area contributed by atoms with Crippen molar-refractivity contribution in [2.75, 3.05) is 50.5 Å². The van der Waals surface area contributed by atoms with Crippen LogP contribution in [0.5, 0.6) is 0 Å². The summed E-state index contributed by atoms with van der Waals surface area (Å²) in [5.74, 6) is 0. The molecular formula is C22H27Cl2N5O2. The number of anilines is 2. The zero-order chi connectivity index (χ0) is 22.4. The highest BCUT2D eigenvalue weighted by Gasteiger charge is 2.22. The van der Waals surface area contributed by atoms with Gasteiger partial charge in [-0.1, -0.05) is 35.3 Å². The zero-order valence-electron chi connectivity index (χ0n) is 17.7. The van der Waals surface area contributed by atoms with Crippen LogP contribution in [0.15, 0.2) is 42.5 Å². The molecule has 9 heteroatoms. The van der Waals surface area contributed by atoms with Gasteiger partial charge in [0.15, 0.2) is 0 Å². The molecule has 7 nitrogen and oxygen atoms in total. The van der Waals surface area contributed by atoms with Crippen molar-refractivity contribution in [2.24, 2.45) is 0 Å². The third-order valence-electron chi connectivity index (χ3n) is 4.94. The molecule has 1 aliphatic rings. The van der Waals surface area contributed by atoms with Crippen LogP contribution >= 0.6 is 23.2 Å². The maximum atomic E-state index is 13.1. The van der Waals surface area contributed by atoms with Crippen molar-refractivity contribution in [3.05, 3.63) is 58.1 Å².